The minimum absolute atomic E-state index is 0.264. The summed E-state index contributed by atoms with van der Waals surface area (Å²) in [5, 5.41) is 0. The fourth-order valence-corrected chi connectivity index (χ4v) is 2.96. The van der Waals surface area contributed by atoms with Crippen LogP contribution in [0.1, 0.15) is 45.2 Å². The van der Waals surface area contributed by atoms with E-state index in [0.717, 1.165) is 24.2 Å². The monoisotopic (exact) mass is 319 g/mol. The maximum atomic E-state index is 13.5. The van der Waals surface area contributed by atoms with Gasteiger partial charge >= 0.3 is 6.09 Å². The number of hydrogen-bond donors (Lipinski definition) is 0. The summed E-state index contributed by atoms with van der Waals surface area (Å²) in [7, 11) is 0. The van der Waals surface area contributed by atoms with Gasteiger partial charge in [-0.2, -0.15) is 0 Å². The summed E-state index contributed by atoms with van der Waals surface area (Å²) in [4.78, 5) is 18.2. The maximum absolute atomic E-state index is 13.5. The zero-order valence-corrected chi connectivity index (χ0v) is 13.8. The molecule has 1 aliphatic heterocycles. The Morgan fingerprint density at radius 2 is 2.00 bits per heavy atom. The van der Waals surface area contributed by atoms with Crippen molar-refractivity contribution in [1.29, 1.82) is 0 Å². The highest BCUT2D eigenvalue weighted by Gasteiger charge is 2.28. The van der Waals surface area contributed by atoms with Gasteiger partial charge in [0.05, 0.1) is 0 Å². The molecule has 2 aromatic heterocycles. The highest BCUT2D eigenvalue weighted by Crippen LogP contribution is 2.29. The van der Waals surface area contributed by atoms with Gasteiger partial charge in [0.15, 0.2) is 0 Å². The third-order valence-electron chi connectivity index (χ3n) is 4.06. The normalized spacial score (nSPS) is 16.8. The summed E-state index contributed by atoms with van der Waals surface area (Å²) in [6.07, 6.45) is 4.66. The Labute approximate surface area is 135 Å². The number of ether oxygens (including phenoxy) is 1. The summed E-state index contributed by atoms with van der Waals surface area (Å²) in [6.45, 7) is 6.88. The second-order valence-corrected chi connectivity index (χ2v) is 7.00. The lowest BCUT2D eigenvalue weighted by Crippen LogP contribution is -2.41. The van der Waals surface area contributed by atoms with Crippen molar-refractivity contribution in [3.63, 3.8) is 0 Å². The molecule has 1 saturated heterocycles. The number of likely N-dealkylation sites (tertiary alicyclic amines) is 1. The lowest BCUT2D eigenvalue weighted by atomic mass is 9.94. The molecule has 0 aromatic carbocycles. The number of pyridine rings is 1. The zero-order chi connectivity index (χ0) is 16.6. The fraction of sp³-hybridized carbons (Fsp3) is 0.529. The van der Waals surface area contributed by atoms with Crippen LogP contribution in [0.2, 0.25) is 0 Å². The summed E-state index contributed by atoms with van der Waals surface area (Å²) < 4.78 is 20.7. The quantitative estimate of drug-likeness (QED) is 0.807. The SMILES string of the molecule is CC(C)(C)OC(=O)N1CCC(c2cnc3ccc(F)cn23)CC1. The first kappa shape index (κ1) is 15.8. The van der Waals surface area contributed by atoms with E-state index < -0.39 is 5.60 Å². The van der Waals surface area contributed by atoms with E-state index >= 15 is 0 Å². The van der Waals surface area contributed by atoms with Crippen molar-refractivity contribution in [1.82, 2.24) is 14.3 Å². The van der Waals surface area contributed by atoms with Crippen LogP contribution in [-0.4, -0.2) is 39.1 Å². The van der Waals surface area contributed by atoms with Crippen molar-refractivity contribution in [3.05, 3.63) is 36.0 Å². The van der Waals surface area contributed by atoms with Gasteiger partial charge in [0, 0.05) is 37.1 Å². The summed E-state index contributed by atoms with van der Waals surface area (Å²) in [6, 6.07) is 3.09. The van der Waals surface area contributed by atoms with Crippen LogP contribution in [0.25, 0.3) is 5.65 Å². The third kappa shape index (κ3) is 3.46. The smallest absolute Gasteiger partial charge is 0.410 e. The molecule has 0 radical (unpaired) electrons. The van der Waals surface area contributed by atoms with Gasteiger partial charge in [-0.15, -0.1) is 0 Å². The second-order valence-electron chi connectivity index (χ2n) is 7.00. The van der Waals surface area contributed by atoms with E-state index in [-0.39, 0.29) is 17.8 Å². The first-order valence-electron chi connectivity index (χ1n) is 7.94. The summed E-state index contributed by atoms with van der Waals surface area (Å²) in [5.74, 6) is -0.00609. The van der Waals surface area contributed by atoms with Crippen molar-refractivity contribution < 1.29 is 13.9 Å². The molecule has 0 saturated carbocycles. The molecular weight excluding hydrogens is 297 g/mol. The highest BCUT2D eigenvalue weighted by atomic mass is 19.1. The van der Waals surface area contributed by atoms with Crippen LogP contribution in [0.5, 0.6) is 0 Å². The molecule has 5 nitrogen and oxygen atoms in total. The maximum Gasteiger partial charge on any atom is 0.410 e. The Hall–Kier alpha value is -2.11. The van der Waals surface area contributed by atoms with Crippen LogP contribution in [0.3, 0.4) is 0 Å². The highest BCUT2D eigenvalue weighted by molar-refractivity contribution is 5.68. The summed E-state index contributed by atoms with van der Waals surface area (Å²) in [5.41, 5.74) is 1.27. The molecule has 2 aromatic rings. The average Bonchev–Trinajstić information content (AvgIpc) is 2.88. The molecule has 0 atom stereocenters. The second kappa shape index (κ2) is 5.83. The van der Waals surface area contributed by atoms with Crippen LogP contribution in [0.15, 0.2) is 24.5 Å². The number of rotatable bonds is 1. The van der Waals surface area contributed by atoms with Crippen molar-refractivity contribution >= 4 is 11.7 Å². The van der Waals surface area contributed by atoms with E-state index in [1.165, 1.54) is 12.3 Å². The van der Waals surface area contributed by atoms with E-state index in [4.69, 9.17) is 4.74 Å². The first-order valence-corrected chi connectivity index (χ1v) is 7.94. The van der Waals surface area contributed by atoms with E-state index in [1.807, 2.05) is 31.4 Å². The average molecular weight is 319 g/mol. The number of halogens is 1. The lowest BCUT2D eigenvalue weighted by Gasteiger charge is -2.33. The molecule has 6 heteroatoms. The van der Waals surface area contributed by atoms with Crippen LogP contribution in [-0.2, 0) is 4.74 Å². The van der Waals surface area contributed by atoms with Crippen molar-refractivity contribution in [2.45, 2.75) is 45.1 Å². The zero-order valence-electron chi connectivity index (χ0n) is 13.8. The lowest BCUT2D eigenvalue weighted by molar-refractivity contribution is 0.0204. The van der Waals surface area contributed by atoms with Gasteiger partial charge in [-0.05, 0) is 45.7 Å². The number of aromatic nitrogens is 2. The fourth-order valence-electron chi connectivity index (χ4n) is 2.96. The molecule has 0 spiro atoms. The van der Waals surface area contributed by atoms with E-state index in [0.29, 0.717) is 13.1 Å². The van der Waals surface area contributed by atoms with Crippen LogP contribution in [0.4, 0.5) is 9.18 Å². The van der Waals surface area contributed by atoms with Crippen LogP contribution in [0, 0.1) is 5.82 Å². The Morgan fingerprint density at radius 1 is 1.30 bits per heavy atom. The van der Waals surface area contributed by atoms with E-state index in [2.05, 4.69) is 4.98 Å². The molecule has 3 heterocycles. The number of imidazole rings is 1. The predicted molar refractivity (Wildman–Crippen MR) is 84.9 cm³/mol. The van der Waals surface area contributed by atoms with Crippen molar-refractivity contribution in [2.24, 2.45) is 0 Å². The number of amides is 1. The first-order chi connectivity index (χ1) is 10.8. The number of fused-ring (bicyclic) bond motifs is 1. The van der Waals surface area contributed by atoms with Crippen LogP contribution < -0.4 is 0 Å². The van der Waals surface area contributed by atoms with E-state index in [9.17, 15) is 9.18 Å². The Morgan fingerprint density at radius 3 is 2.65 bits per heavy atom. The number of carbonyl (C=O) groups is 1. The van der Waals surface area contributed by atoms with Gasteiger partial charge in [-0.25, -0.2) is 14.2 Å². The topological polar surface area (TPSA) is 46.8 Å². The van der Waals surface area contributed by atoms with Gasteiger partial charge in [-0.3, -0.25) is 0 Å². The molecule has 0 N–H and O–H groups in total. The Bertz CT molecular complexity index is 712. The molecule has 3 rings (SSSR count). The standard InChI is InChI=1S/C17H22FN3O2/c1-17(2,3)23-16(22)20-8-6-12(7-9-20)14-10-19-15-5-4-13(18)11-21(14)15/h4-5,10-12H,6-9H2,1-3H3. The molecule has 1 fully saturated rings. The molecule has 23 heavy (non-hydrogen) atoms. The predicted octanol–water partition coefficient (Wildman–Crippen LogP) is 3.59. The van der Waals surface area contributed by atoms with Crippen molar-refractivity contribution in [3.8, 4) is 0 Å². The minimum Gasteiger partial charge on any atom is -0.444 e. The van der Waals surface area contributed by atoms with Crippen molar-refractivity contribution in [2.75, 3.05) is 13.1 Å². The molecule has 1 amide bonds. The number of hydrogen-bond acceptors (Lipinski definition) is 3. The molecule has 124 valence electrons. The molecular formula is C17H22FN3O2. The van der Waals surface area contributed by atoms with Gasteiger partial charge in [-0.1, -0.05) is 0 Å². The van der Waals surface area contributed by atoms with Gasteiger partial charge in [0.1, 0.15) is 17.1 Å². The molecule has 0 aliphatic carbocycles. The van der Waals surface area contributed by atoms with Gasteiger partial charge < -0.3 is 14.0 Å². The number of nitrogens with zero attached hydrogens (tertiary/aromatic N) is 3. The Kier molecular flexibility index (Phi) is 4.00. The number of carbonyl (C=O) groups excluding carboxylic acids is 1. The third-order valence-corrected chi connectivity index (χ3v) is 4.06. The summed E-state index contributed by atoms with van der Waals surface area (Å²) >= 11 is 0. The molecule has 0 bridgehead atoms. The Balaban J connectivity index is 1.69. The van der Waals surface area contributed by atoms with Crippen LogP contribution >= 0.6 is 0 Å². The molecule has 0 unspecified atom stereocenters. The van der Waals surface area contributed by atoms with Gasteiger partial charge in [0.25, 0.3) is 0 Å². The largest absolute Gasteiger partial charge is 0.444 e. The molecule has 1 aliphatic rings. The number of piperidine rings is 1. The van der Waals surface area contributed by atoms with E-state index in [1.54, 1.807) is 11.0 Å². The minimum atomic E-state index is -0.479. The van der Waals surface area contributed by atoms with Gasteiger partial charge in [0.2, 0.25) is 0 Å².